The fourth-order valence-electron chi connectivity index (χ4n) is 4.01. The number of carbonyl (C=O) groups is 1. The quantitative estimate of drug-likeness (QED) is 0.386. The van der Waals surface area contributed by atoms with E-state index in [1.165, 1.54) is 12.4 Å². The van der Waals surface area contributed by atoms with Gasteiger partial charge in [-0.15, -0.1) is 0 Å². The average Bonchev–Trinajstić information content (AvgIpc) is 2.80. The Morgan fingerprint density at radius 2 is 2.00 bits per heavy atom. The Morgan fingerprint density at radius 3 is 2.58 bits per heavy atom. The number of pyridine rings is 1. The molecule has 0 radical (unpaired) electrons. The number of likely N-dealkylation sites (tertiary alicyclic amines) is 1. The molecule has 0 aliphatic carbocycles. The Bertz CT molecular complexity index is 1130. The topological polar surface area (TPSA) is 107 Å². The first-order valence-electron chi connectivity index (χ1n) is 11.0. The van der Waals surface area contributed by atoms with E-state index >= 15 is 0 Å². The molecule has 2 atom stereocenters. The van der Waals surface area contributed by atoms with Crippen LogP contribution < -0.4 is 10.6 Å². The summed E-state index contributed by atoms with van der Waals surface area (Å²) in [7, 11) is 1.57. The number of carbonyl (C=O) groups excluding carboxylic acids is 1. The maximum absolute atomic E-state index is 14.5. The van der Waals surface area contributed by atoms with Crippen molar-refractivity contribution < 1.29 is 26.7 Å². The van der Waals surface area contributed by atoms with Gasteiger partial charge in [0.25, 0.3) is 11.8 Å². The lowest BCUT2D eigenvalue weighted by molar-refractivity contribution is -0.145. The second kappa shape index (κ2) is 10.5. The van der Waals surface area contributed by atoms with Gasteiger partial charge < -0.3 is 15.5 Å². The van der Waals surface area contributed by atoms with Crippen LogP contribution >= 0.6 is 0 Å². The van der Waals surface area contributed by atoms with Crippen LogP contribution in [0.4, 0.5) is 27.8 Å². The highest BCUT2D eigenvalue weighted by Gasteiger charge is 2.47. The first-order chi connectivity index (χ1) is 16.8. The van der Waals surface area contributed by atoms with E-state index in [0.717, 1.165) is 16.7 Å². The van der Waals surface area contributed by atoms with Crippen LogP contribution in [0.1, 0.15) is 30.3 Å². The lowest BCUT2D eigenvalue weighted by atomic mass is 9.87. The van der Waals surface area contributed by atoms with E-state index in [0.29, 0.717) is 11.9 Å². The summed E-state index contributed by atoms with van der Waals surface area (Å²) in [6.07, 6.45) is -0.782. The summed E-state index contributed by atoms with van der Waals surface area (Å²) < 4.78 is 67.2. The molecule has 1 saturated heterocycles. The zero-order chi connectivity index (χ0) is 26.7. The van der Waals surface area contributed by atoms with Crippen molar-refractivity contribution in [1.29, 1.82) is 5.41 Å². The molecule has 1 aliphatic rings. The first kappa shape index (κ1) is 27.0. The van der Waals surface area contributed by atoms with E-state index in [9.17, 15) is 26.7 Å². The molecule has 3 heterocycles. The zero-order valence-corrected chi connectivity index (χ0v) is 19.8. The van der Waals surface area contributed by atoms with Crippen molar-refractivity contribution in [3.63, 3.8) is 0 Å². The van der Waals surface area contributed by atoms with Gasteiger partial charge in [-0.25, -0.2) is 18.7 Å². The van der Waals surface area contributed by atoms with Crippen molar-refractivity contribution in [3.8, 4) is 0 Å². The van der Waals surface area contributed by atoms with Crippen LogP contribution in [-0.2, 0) is 11.0 Å². The number of hydrogen-bond acceptors (Lipinski definition) is 7. The molecule has 1 amide bonds. The van der Waals surface area contributed by atoms with Gasteiger partial charge in [-0.2, -0.15) is 13.2 Å². The molecular weight excluding hydrogens is 485 g/mol. The van der Waals surface area contributed by atoms with Crippen LogP contribution in [0.2, 0.25) is 0 Å². The molecule has 0 aromatic carbocycles. The molecule has 3 N–H and O–H groups in total. The van der Waals surface area contributed by atoms with Gasteiger partial charge in [0.15, 0.2) is 5.69 Å². The molecule has 0 unspecified atom stereocenters. The number of anilines is 1. The molecule has 1 fully saturated rings. The SMILES string of the molecule is CN/C=C(\C(=N)C(=O)N1CC(F)(F)C[C@@H](C)[C@H]1CNc1cnc(C(F)(F)F)cn1)c1cc(C)ccn1. The molecule has 2 aromatic rings. The van der Waals surface area contributed by atoms with Crippen molar-refractivity contribution in [3.05, 3.63) is 53.9 Å². The maximum Gasteiger partial charge on any atom is 0.434 e. The first-order valence-corrected chi connectivity index (χ1v) is 11.0. The third kappa shape index (κ3) is 6.32. The average molecular weight is 511 g/mol. The minimum Gasteiger partial charge on any atom is -0.393 e. The molecule has 1 aliphatic heterocycles. The molecule has 3 rings (SSSR count). The van der Waals surface area contributed by atoms with E-state index < -0.39 is 54.3 Å². The van der Waals surface area contributed by atoms with Crippen LogP contribution in [0.5, 0.6) is 0 Å². The molecule has 194 valence electrons. The molecule has 0 saturated carbocycles. The Morgan fingerprint density at radius 1 is 1.28 bits per heavy atom. The normalized spacial score (nSPS) is 20.1. The summed E-state index contributed by atoms with van der Waals surface area (Å²) in [5.74, 6) is -4.78. The number of aryl methyl sites for hydroxylation is 1. The smallest absolute Gasteiger partial charge is 0.393 e. The number of aromatic nitrogens is 3. The van der Waals surface area contributed by atoms with Gasteiger partial charge >= 0.3 is 6.18 Å². The molecular formula is C23H26F5N7O. The Hall–Kier alpha value is -3.64. The molecule has 8 nitrogen and oxygen atoms in total. The van der Waals surface area contributed by atoms with Crippen LogP contribution in [0.15, 0.2) is 36.9 Å². The van der Waals surface area contributed by atoms with E-state index in [4.69, 9.17) is 5.41 Å². The second-order valence-electron chi connectivity index (χ2n) is 8.64. The summed E-state index contributed by atoms with van der Waals surface area (Å²) in [4.78, 5) is 25.5. The fourth-order valence-corrected chi connectivity index (χ4v) is 4.01. The highest BCUT2D eigenvalue weighted by Crippen LogP contribution is 2.35. The number of alkyl halides is 5. The number of nitrogens with one attached hydrogen (secondary N) is 3. The minimum absolute atomic E-state index is 0.00487. The molecule has 0 bridgehead atoms. The standard InChI is InChI=1S/C23H26F5N7O/c1-13-4-5-31-16(6-13)15(8-30-3)20(29)21(36)35-12-22(24,25)7-14(2)17(35)9-33-19-11-32-18(10-34-19)23(26,27)28/h4-6,8,10-11,14,17,29-30H,7,9,12H2,1-3H3,(H,33,34)/b15-8-,29-20?/t14-,17-/m1/s1. The Balaban J connectivity index is 1.84. The van der Waals surface area contributed by atoms with Crippen molar-refractivity contribution in [2.24, 2.45) is 5.92 Å². The maximum atomic E-state index is 14.5. The Kier molecular flexibility index (Phi) is 7.89. The van der Waals surface area contributed by atoms with Crippen LogP contribution in [0.25, 0.3) is 5.57 Å². The monoisotopic (exact) mass is 511 g/mol. The highest BCUT2D eigenvalue weighted by atomic mass is 19.4. The van der Waals surface area contributed by atoms with Crippen molar-refractivity contribution in [1.82, 2.24) is 25.2 Å². The molecule has 0 spiro atoms. The summed E-state index contributed by atoms with van der Waals surface area (Å²) in [5, 5.41) is 14.1. The van der Waals surface area contributed by atoms with E-state index in [-0.39, 0.29) is 17.9 Å². The third-order valence-corrected chi connectivity index (χ3v) is 5.74. The third-order valence-electron chi connectivity index (χ3n) is 5.74. The molecule has 36 heavy (non-hydrogen) atoms. The minimum atomic E-state index is -4.65. The van der Waals surface area contributed by atoms with Gasteiger partial charge in [-0.1, -0.05) is 6.92 Å². The number of rotatable bonds is 7. The summed E-state index contributed by atoms with van der Waals surface area (Å²) in [6.45, 7) is 2.38. The number of hydrogen-bond donors (Lipinski definition) is 3. The van der Waals surface area contributed by atoms with E-state index in [1.807, 2.05) is 6.92 Å². The number of amides is 1. The van der Waals surface area contributed by atoms with Gasteiger partial charge in [0.1, 0.15) is 11.5 Å². The van der Waals surface area contributed by atoms with Crippen molar-refractivity contribution in [2.75, 3.05) is 25.5 Å². The van der Waals surface area contributed by atoms with Gasteiger partial charge in [-0.05, 0) is 30.5 Å². The number of nitrogens with zero attached hydrogens (tertiary/aromatic N) is 4. The predicted octanol–water partition coefficient (Wildman–Crippen LogP) is 3.76. The Labute approximate surface area is 204 Å². The lowest BCUT2D eigenvalue weighted by Crippen LogP contribution is -2.58. The summed E-state index contributed by atoms with van der Waals surface area (Å²) in [6, 6.07) is 2.62. The number of halogens is 5. The molecule has 2 aromatic heterocycles. The van der Waals surface area contributed by atoms with Crippen LogP contribution in [-0.4, -0.2) is 63.6 Å². The molecule has 13 heteroatoms. The van der Waals surface area contributed by atoms with Gasteiger partial charge in [-0.3, -0.25) is 15.2 Å². The zero-order valence-electron chi connectivity index (χ0n) is 19.8. The largest absolute Gasteiger partial charge is 0.434 e. The van der Waals surface area contributed by atoms with E-state index in [2.05, 4.69) is 25.6 Å². The fraction of sp³-hybridized carbons (Fsp3) is 0.435. The van der Waals surface area contributed by atoms with Crippen LogP contribution in [0, 0.1) is 18.3 Å². The van der Waals surface area contributed by atoms with Gasteiger partial charge in [0.2, 0.25) is 0 Å². The van der Waals surface area contributed by atoms with E-state index in [1.54, 1.807) is 26.1 Å². The van der Waals surface area contributed by atoms with Crippen LogP contribution in [0.3, 0.4) is 0 Å². The van der Waals surface area contributed by atoms with Crippen molar-refractivity contribution >= 4 is 23.0 Å². The highest BCUT2D eigenvalue weighted by molar-refractivity contribution is 6.54. The lowest BCUT2D eigenvalue weighted by Gasteiger charge is -2.43. The summed E-state index contributed by atoms with van der Waals surface area (Å²) in [5.41, 5.74) is -0.397. The van der Waals surface area contributed by atoms with Gasteiger partial charge in [0.05, 0.1) is 30.7 Å². The predicted molar refractivity (Wildman–Crippen MR) is 123 cm³/mol. The van der Waals surface area contributed by atoms with Gasteiger partial charge in [0, 0.05) is 38.0 Å². The number of piperidine rings is 1. The summed E-state index contributed by atoms with van der Waals surface area (Å²) >= 11 is 0. The van der Waals surface area contributed by atoms with Crippen molar-refractivity contribution in [2.45, 2.75) is 38.4 Å². The second-order valence-corrected chi connectivity index (χ2v) is 8.64.